The predicted octanol–water partition coefficient (Wildman–Crippen LogP) is 6.09. The van der Waals surface area contributed by atoms with Crippen LogP contribution in [0, 0.1) is 13.8 Å². The lowest BCUT2D eigenvalue weighted by Crippen LogP contribution is -2.53. The van der Waals surface area contributed by atoms with Crippen molar-refractivity contribution in [3.63, 3.8) is 0 Å². The highest BCUT2D eigenvalue weighted by Gasteiger charge is 2.29. The van der Waals surface area contributed by atoms with E-state index in [0.29, 0.717) is 40.2 Å². The number of piperazine rings is 1. The van der Waals surface area contributed by atoms with Crippen molar-refractivity contribution in [3.05, 3.63) is 85.8 Å². The second-order valence-electron chi connectivity index (χ2n) is 8.66. The van der Waals surface area contributed by atoms with Crippen molar-refractivity contribution in [1.29, 1.82) is 0 Å². The Morgan fingerprint density at radius 3 is 2.05 bits per heavy atom. The molecule has 1 fully saturated rings. The predicted molar refractivity (Wildman–Crippen MR) is 148 cm³/mol. The van der Waals surface area contributed by atoms with Crippen molar-refractivity contribution in [2.24, 2.45) is 0 Å². The fourth-order valence-electron chi connectivity index (χ4n) is 4.06. The van der Waals surface area contributed by atoms with Gasteiger partial charge in [0, 0.05) is 46.3 Å². The smallest absolute Gasteiger partial charge is 0.314 e. The first-order chi connectivity index (χ1) is 17.6. The SMILES string of the molecule is Cc1cc(Cl)cc(C)c1Oc1ccc(Cl)cc1NC(=O)C(=O)N1CCN(C(=O)c2ccc(Br)cc2)CC1. The number of carbonyl (C=O) groups is 3. The minimum Gasteiger partial charge on any atom is -0.455 e. The molecule has 1 saturated heterocycles. The van der Waals surface area contributed by atoms with Gasteiger partial charge in [0.1, 0.15) is 5.75 Å². The van der Waals surface area contributed by atoms with E-state index >= 15 is 0 Å². The average Bonchev–Trinajstić information content (AvgIpc) is 2.87. The van der Waals surface area contributed by atoms with Crippen LogP contribution in [0.25, 0.3) is 0 Å². The van der Waals surface area contributed by atoms with Gasteiger partial charge >= 0.3 is 11.8 Å². The van der Waals surface area contributed by atoms with E-state index < -0.39 is 11.8 Å². The van der Waals surface area contributed by atoms with Crippen LogP contribution in [0.4, 0.5) is 5.69 Å². The number of carbonyl (C=O) groups excluding carboxylic acids is 3. The Balaban J connectivity index is 1.41. The molecule has 10 heteroatoms. The lowest BCUT2D eigenvalue weighted by atomic mass is 10.1. The van der Waals surface area contributed by atoms with E-state index in [0.717, 1.165) is 15.6 Å². The Morgan fingerprint density at radius 1 is 0.838 bits per heavy atom. The Kier molecular flexibility index (Phi) is 8.42. The summed E-state index contributed by atoms with van der Waals surface area (Å²) in [4.78, 5) is 41.6. The Labute approximate surface area is 233 Å². The van der Waals surface area contributed by atoms with Crippen LogP contribution in [-0.2, 0) is 9.59 Å². The largest absolute Gasteiger partial charge is 0.455 e. The van der Waals surface area contributed by atoms with E-state index in [-0.39, 0.29) is 24.7 Å². The summed E-state index contributed by atoms with van der Waals surface area (Å²) in [5, 5.41) is 3.60. The fourth-order valence-corrected chi connectivity index (χ4v) is 4.83. The first-order valence-corrected chi connectivity index (χ1v) is 13.1. The molecule has 0 aliphatic carbocycles. The number of amides is 3. The van der Waals surface area contributed by atoms with Gasteiger partial charge in [0.25, 0.3) is 5.91 Å². The van der Waals surface area contributed by atoms with Gasteiger partial charge in [-0.3, -0.25) is 14.4 Å². The Bertz CT molecular complexity index is 1330. The van der Waals surface area contributed by atoms with Gasteiger partial charge in [-0.2, -0.15) is 0 Å². The maximum atomic E-state index is 12.9. The Hall–Kier alpha value is -3.07. The fraction of sp³-hybridized carbons (Fsp3) is 0.222. The summed E-state index contributed by atoms with van der Waals surface area (Å²) < 4.78 is 6.98. The molecule has 3 aromatic carbocycles. The summed E-state index contributed by atoms with van der Waals surface area (Å²) in [6, 6.07) is 15.5. The van der Waals surface area contributed by atoms with Crippen molar-refractivity contribution < 1.29 is 19.1 Å². The molecule has 192 valence electrons. The van der Waals surface area contributed by atoms with Gasteiger partial charge in [0.15, 0.2) is 5.75 Å². The second-order valence-corrected chi connectivity index (χ2v) is 10.4. The maximum Gasteiger partial charge on any atom is 0.314 e. The Morgan fingerprint density at radius 2 is 1.43 bits per heavy atom. The molecule has 4 rings (SSSR count). The minimum absolute atomic E-state index is 0.113. The van der Waals surface area contributed by atoms with Gasteiger partial charge in [-0.05, 0) is 79.6 Å². The summed E-state index contributed by atoms with van der Waals surface area (Å²) in [7, 11) is 0. The molecule has 3 amide bonds. The number of hydrogen-bond acceptors (Lipinski definition) is 4. The molecule has 1 heterocycles. The zero-order chi connectivity index (χ0) is 26.7. The summed E-state index contributed by atoms with van der Waals surface area (Å²) >= 11 is 15.6. The van der Waals surface area contributed by atoms with Crippen molar-refractivity contribution in [3.8, 4) is 11.5 Å². The molecular formula is C27H24BrCl2N3O4. The van der Waals surface area contributed by atoms with E-state index in [1.807, 2.05) is 13.8 Å². The van der Waals surface area contributed by atoms with Crippen LogP contribution < -0.4 is 10.1 Å². The normalized spacial score (nSPS) is 13.3. The molecule has 37 heavy (non-hydrogen) atoms. The van der Waals surface area contributed by atoms with Gasteiger partial charge < -0.3 is 19.9 Å². The number of benzene rings is 3. The lowest BCUT2D eigenvalue weighted by Gasteiger charge is -2.34. The average molecular weight is 605 g/mol. The lowest BCUT2D eigenvalue weighted by molar-refractivity contribution is -0.144. The number of rotatable bonds is 4. The molecule has 0 unspecified atom stereocenters. The van der Waals surface area contributed by atoms with E-state index in [4.69, 9.17) is 27.9 Å². The molecule has 0 bridgehead atoms. The third-order valence-electron chi connectivity index (χ3n) is 5.97. The summed E-state index contributed by atoms with van der Waals surface area (Å²) in [5.41, 5.74) is 2.48. The highest BCUT2D eigenvalue weighted by atomic mass is 79.9. The molecule has 1 aliphatic rings. The van der Waals surface area contributed by atoms with Gasteiger partial charge in [-0.15, -0.1) is 0 Å². The number of hydrogen-bond donors (Lipinski definition) is 1. The van der Waals surface area contributed by atoms with Crippen molar-refractivity contribution in [2.45, 2.75) is 13.8 Å². The molecule has 0 atom stereocenters. The highest BCUT2D eigenvalue weighted by molar-refractivity contribution is 9.10. The molecule has 0 spiro atoms. The van der Waals surface area contributed by atoms with Crippen molar-refractivity contribution in [1.82, 2.24) is 9.80 Å². The van der Waals surface area contributed by atoms with Gasteiger partial charge in [-0.1, -0.05) is 39.1 Å². The van der Waals surface area contributed by atoms with E-state index in [2.05, 4.69) is 21.2 Å². The monoisotopic (exact) mass is 603 g/mol. The van der Waals surface area contributed by atoms with Crippen molar-refractivity contribution >= 4 is 62.5 Å². The highest BCUT2D eigenvalue weighted by Crippen LogP contribution is 2.36. The topological polar surface area (TPSA) is 79.0 Å². The van der Waals surface area contributed by atoms with E-state index in [1.54, 1.807) is 53.4 Å². The zero-order valence-electron chi connectivity index (χ0n) is 20.2. The van der Waals surface area contributed by atoms with Gasteiger partial charge in [-0.25, -0.2) is 0 Å². The number of anilines is 1. The van der Waals surface area contributed by atoms with Crippen LogP contribution in [-0.4, -0.2) is 53.7 Å². The van der Waals surface area contributed by atoms with E-state index in [1.165, 1.54) is 11.0 Å². The maximum absolute atomic E-state index is 12.9. The summed E-state index contributed by atoms with van der Waals surface area (Å²) in [6.07, 6.45) is 0. The number of nitrogens with one attached hydrogen (secondary N) is 1. The molecule has 3 aromatic rings. The van der Waals surface area contributed by atoms with Crippen LogP contribution in [0.3, 0.4) is 0 Å². The minimum atomic E-state index is -0.815. The number of halogens is 3. The first-order valence-electron chi connectivity index (χ1n) is 11.5. The molecular weight excluding hydrogens is 581 g/mol. The molecule has 1 aliphatic heterocycles. The van der Waals surface area contributed by atoms with Gasteiger partial charge in [0.2, 0.25) is 0 Å². The molecule has 7 nitrogen and oxygen atoms in total. The standard InChI is InChI=1S/C27H24BrCl2N3O4/c1-16-13-21(30)14-17(2)24(16)37-23-8-7-20(29)15-22(23)31-25(34)27(36)33-11-9-32(10-12-33)26(35)18-3-5-19(28)6-4-18/h3-8,13-15H,9-12H2,1-2H3,(H,31,34). The third-order valence-corrected chi connectivity index (χ3v) is 6.95. The molecule has 0 aromatic heterocycles. The number of aryl methyl sites for hydroxylation is 2. The van der Waals surface area contributed by atoms with Crippen LogP contribution in [0.2, 0.25) is 10.0 Å². The van der Waals surface area contributed by atoms with Crippen molar-refractivity contribution in [2.75, 3.05) is 31.5 Å². The summed E-state index contributed by atoms with van der Waals surface area (Å²) in [6.45, 7) is 4.89. The zero-order valence-corrected chi connectivity index (χ0v) is 23.3. The van der Waals surface area contributed by atoms with Crippen LogP contribution in [0.1, 0.15) is 21.5 Å². The molecule has 1 N–H and O–H groups in total. The van der Waals surface area contributed by atoms with Crippen LogP contribution >= 0.6 is 39.1 Å². The van der Waals surface area contributed by atoms with Crippen LogP contribution in [0.5, 0.6) is 11.5 Å². The number of ether oxygens (including phenoxy) is 1. The van der Waals surface area contributed by atoms with Crippen LogP contribution in [0.15, 0.2) is 59.1 Å². The molecule has 0 saturated carbocycles. The van der Waals surface area contributed by atoms with Gasteiger partial charge in [0.05, 0.1) is 5.69 Å². The quantitative estimate of drug-likeness (QED) is 0.366. The first kappa shape index (κ1) is 27.0. The van der Waals surface area contributed by atoms with E-state index in [9.17, 15) is 14.4 Å². The second kappa shape index (κ2) is 11.5. The third kappa shape index (κ3) is 6.44. The molecule has 0 radical (unpaired) electrons. The number of nitrogens with zero attached hydrogens (tertiary/aromatic N) is 2. The summed E-state index contributed by atoms with van der Waals surface area (Å²) in [5.74, 6) is -0.688.